The van der Waals surface area contributed by atoms with E-state index >= 15 is 0 Å². The number of nitrogens with one attached hydrogen (secondary N) is 1. The molecule has 71 heavy (non-hydrogen) atoms. The fraction of sp³-hybridized carbons (Fsp3) is 1.00. The molecule has 0 spiro atoms. The van der Waals surface area contributed by atoms with Crippen molar-refractivity contribution in [2.45, 2.75) is 216 Å². The van der Waals surface area contributed by atoms with Crippen LogP contribution in [0.15, 0.2) is 0 Å². The van der Waals surface area contributed by atoms with Crippen molar-refractivity contribution in [2.75, 3.05) is 143 Å². The number of hydrogen-bond acceptors (Lipinski definition) is 8. The van der Waals surface area contributed by atoms with Crippen LogP contribution in [0.2, 0.25) is 0 Å². The van der Waals surface area contributed by atoms with E-state index in [4.69, 9.17) is 4.74 Å². The zero-order valence-electron chi connectivity index (χ0n) is 55.7. The molecule has 5 unspecified atom stereocenters. The third-order valence-electron chi connectivity index (χ3n) is 11.9. The van der Waals surface area contributed by atoms with Gasteiger partial charge in [0.25, 0.3) is 0 Å². The molecule has 0 aromatic rings. The van der Waals surface area contributed by atoms with Gasteiger partial charge in [0.1, 0.15) is 0 Å². The van der Waals surface area contributed by atoms with Crippen LogP contribution in [0.3, 0.4) is 0 Å². The summed E-state index contributed by atoms with van der Waals surface area (Å²) < 4.78 is 5.31. The first-order valence-electron chi connectivity index (χ1n) is 29.2. The maximum Gasteiger partial charge on any atom is 0.0594 e. The Morgan fingerprint density at radius 3 is 1.23 bits per heavy atom. The van der Waals surface area contributed by atoms with Crippen LogP contribution >= 0.6 is 0 Å². The molecule has 436 valence electrons. The number of morpholine rings is 1. The smallest absolute Gasteiger partial charge is 0.0594 e. The summed E-state index contributed by atoms with van der Waals surface area (Å²) in [7, 11) is 21.4. The fourth-order valence-corrected chi connectivity index (χ4v) is 10.4. The molecule has 0 saturated carbocycles. The largest absolute Gasteiger partial charge is 0.379 e. The van der Waals surface area contributed by atoms with E-state index in [9.17, 15) is 0 Å². The summed E-state index contributed by atoms with van der Waals surface area (Å²) in [6.07, 6.45) is 11.8. The van der Waals surface area contributed by atoms with Gasteiger partial charge in [0.05, 0.1) is 13.2 Å². The highest BCUT2D eigenvalue weighted by atomic mass is 16.5. The van der Waals surface area contributed by atoms with E-state index in [2.05, 4.69) is 258 Å². The molecule has 0 amide bonds. The van der Waals surface area contributed by atoms with Gasteiger partial charge in [0, 0.05) is 44.8 Å². The highest BCUT2D eigenvalue weighted by Gasteiger charge is 2.27. The van der Waals surface area contributed by atoms with E-state index in [1.165, 1.54) is 97.1 Å². The summed E-state index contributed by atoms with van der Waals surface area (Å²) >= 11 is 0. The van der Waals surface area contributed by atoms with Gasteiger partial charge in [-0.25, -0.2) is 0 Å². The topological polar surface area (TPSA) is 40.7 Å². The number of hydrogen-bond donors (Lipinski definition) is 1. The molecule has 0 radical (unpaired) electrons. The Labute approximate surface area is 453 Å². The fourth-order valence-electron chi connectivity index (χ4n) is 10.4. The first kappa shape index (κ1) is 79.6. The quantitative estimate of drug-likeness (QED) is 0.0960. The first-order valence-corrected chi connectivity index (χ1v) is 29.2. The second-order valence-corrected chi connectivity index (χ2v) is 30.2. The highest BCUT2D eigenvalue weighted by Crippen LogP contribution is 2.38. The molecule has 1 heterocycles. The van der Waals surface area contributed by atoms with Crippen LogP contribution in [0.5, 0.6) is 0 Å². The number of nitrogens with zero attached hydrogens (tertiary/aromatic N) is 6. The van der Waals surface area contributed by atoms with Gasteiger partial charge in [-0.15, -0.1) is 0 Å². The summed E-state index contributed by atoms with van der Waals surface area (Å²) in [5, 5.41) is 3.45. The maximum absolute atomic E-state index is 5.31. The van der Waals surface area contributed by atoms with Crippen LogP contribution in [0.4, 0.5) is 0 Å². The number of rotatable bonds is 24. The summed E-state index contributed by atoms with van der Waals surface area (Å²) in [4.78, 5) is 13.8. The van der Waals surface area contributed by atoms with Gasteiger partial charge in [-0.1, -0.05) is 138 Å². The predicted octanol–water partition coefficient (Wildman–Crippen LogP) is 15.0. The second-order valence-electron chi connectivity index (χ2n) is 30.2. The summed E-state index contributed by atoms with van der Waals surface area (Å²) in [5.41, 5.74) is 2.16. The SMILES string of the molecule is CC(C)(C)CCCN1CCOCC1.CC(C)CC(C)CN(C)C.CC(CN(C)C)CC(C)(C)C.CC(CN(C)C)CC(C)(C)CC(C)(C)C.CCC(C)CC(C)CN(C)C.CN(C)CCCNC(C)(C)C. The molecule has 0 aromatic heterocycles. The van der Waals surface area contributed by atoms with Crippen LogP contribution in [-0.2, 0) is 4.74 Å². The van der Waals surface area contributed by atoms with Crippen LogP contribution in [0, 0.1) is 57.2 Å². The molecular weight excluding hydrogens is 871 g/mol. The molecule has 5 atom stereocenters. The third kappa shape index (κ3) is 76.3. The molecule has 0 aromatic carbocycles. The van der Waals surface area contributed by atoms with Crippen molar-refractivity contribution >= 4 is 0 Å². The Morgan fingerprint density at radius 1 is 0.479 bits per heavy atom. The predicted molar refractivity (Wildman–Crippen MR) is 328 cm³/mol. The van der Waals surface area contributed by atoms with Crippen molar-refractivity contribution in [3.05, 3.63) is 0 Å². The number of ether oxygens (including phenoxy) is 1. The average molecular weight is 1010 g/mol. The zero-order chi connectivity index (χ0) is 57.0. The van der Waals surface area contributed by atoms with Gasteiger partial charge in [-0.05, 0) is 219 Å². The Balaban J connectivity index is -0.000000247. The lowest BCUT2D eigenvalue weighted by molar-refractivity contribution is 0.0361. The van der Waals surface area contributed by atoms with Gasteiger partial charge in [0.2, 0.25) is 0 Å². The van der Waals surface area contributed by atoms with E-state index < -0.39 is 0 Å². The monoisotopic (exact) mass is 1010 g/mol. The summed E-state index contributed by atoms with van der Waals surface area (Å²) in [5.74, 6) is 5.03. The van der Waals surface area contributed by atoms with Crippen LogP contribution in [-0.4, -0.2) is 178 Å². The van der Waals surface area contributed by atoms with Crippen molar-refractivity contribution in [3.63, 3.8) is 0 Å². The third-order valence-corrected chi connectivity index (χ3v) is 11.9. The Hall–Kier alpha value is -0.320. The van der Waals surface area contributed by atoms with Crippen molar-refractivity contribution in [1.29, 1.82) is 0 Å². The Bertz CT molecular complexity index is 1110. The van der Waals surface area contributed by atoms with E-state index in [1.54, 1.807) is 0 Å². The molecule has 1 saturated heterocycles. The molecule has 1 aliphatic heterocycles. The van der Waals surface area contributed by atoms with E-state index in [0.29, 0.717) is 21.7 Å². The van der Waals surface area contributed by atoms with Crippen LogP contribution in [0.25, 0.3) is 0 Å². The van der Waals surface area contributed by atoms with Gasteiger partial charge >= 0.3 is 0 Å². The Morgan fingerprint density at radius 2 is 0.887 bits per heavy atom. The molecule has 0 bridgehead atoms. The summed E-state index contributed by atoms with van der Waals surface area (Å²) in [6, 6.07) is 0. The van der Waals surface area contributed by atoms with Gasteiger partial charge < -0.3 is 34.6 Å². The average Bonchev–Trinajstić information content (AvgIpc) is 3.10. The lowest BCUT2D eigenvalue weighted by Crippen LogP contribution is -2.37. The standard InChI is InChI=1S/C14H31N.C11H23NO.2C10H23N.C9H22N2.C9H21N/c1-12(10-15(7)8)9-14(5,6)11-13(2,3)4;1-11(2,3)5-4-6-12-7-9-13-10-8-12;1-9(8-11(5)6)7-10(2,3)4;1-6-9(2)7-10(3)8-11(4)5;1-9(2,3)10-7-6-8-11(4)5;1-8(2)6-9(3)7-10(4)5/h12H,9-11H2,1-8H3;4-10H2,1-3H3;9H,7-8H2,1-6H3;9-10H,6-8H2,1-5H3;10H,6-8H2,1-5H3;8-9H,6-7H2,1-5H3. The Kier molecular flexibility index (Phi) is 47.9. The lowest BCUT2D eigenvalue weighted by atomic mass is 9.72. The van der Waals surface area contributed by atoms with Crippen LogP contribution in [0.1, 0.15) is 210 Å². The molecule has 1 rings (SSSR count). The lowest BCUT2D eigenvalue weighted by Gasteiger charge is -2.35. The van der Waals surface area contributed by atoms with E-state index in [0.717, 1.165) is 68.4 Å². The zero-order valence-corrected chi connectivity index (χ0v) is 55.7. The molecule has 1 fully saturated rings. The maximum atomic E-state index is 5.31. The van der Waals surface area contributed by atoms with Crippen molar-refractivity contribution in [1.82, 2.24) is 34.7 Å². The van der Waals surface area contributed by atoms with Crippen LogP contribution < -0.4 is 5.32 Å². The molecule has 1 aliphatic rings. The molecule has 1 N–H and O–H groups in total. The van der Waals surface area contributed by atoms with E-state index in [-0.39, 0.29) is 5.54 Å². The minimum atomic E-state index is 0.270. The minimum Gasteiger partial charge on any atom is -0.379 e. The van der Waals surface area contributed by atoms with Gasteiger partial charge in [0.15, 0.2) is 0 Å². The van der Waals surface area contributed by atoms with Crippen molar-refractivity contribution in [2.24, 2.45) is 57.2 Å². The molecule has 0 aliphatic carbocycles. The second kappa shape index (κ2) is 42.8. The normalized spacial score (nSPS) is 16.1. The molecule has 8 nitrogen and oxygen atoms in total. The van der Waals surface area contributed by atoms with Gasteiger partial charge in [-0.3, -0.25) is 4.90 Å². The first-order chi connectivity index (χ1) is 31.9. The van der Waals surface area contributed by atoms with E-state index in [1.807, 2.05) is 0 Å². The van der Waals surface area contributed by atoms with Gasteiger partial charge in [-0.2, -0.15) is 0 Å². The summed E-state index contributed by atoms with van der Waals surface area (Å²) in [6.45, 7) is 63.3. The molecular formula is C63H143N7O. The van der Waals surface area contributed by atoms with Crippen molar-refractivity contribution in [3.8, 4) is 0 Å². The molecule has 8 heteroatoms. The highest BCUT2D eigenvalue weighted by molar-refractivity contribution is 4.79. The minimum absolute atomic E-state index is 0.270. The van der Waals surface area contributed by atoms with Crippen molar-refractivity contribution < 1.29 is 4.74 Å².